The first-order valence-corrected chi connectivity index (χ1v) is 5.41. The molecule has 0 aliphatic rings. The lowest BCUT2D eigenvalue weighted by Crippen LogP contribution is -2.15. The van der Waals surface area contributed by atoms with Crippen molar-refractivity contribution >= 4 is 11.6 Å². The van der Waals surface area contributed by atoms with Crippen LogP contribution in [-0.4, -0.2) is 32.8 Å². The van der Waals surface area contributed by atoms with Gasteiger partial charge >= 0.3 is 0 Å². The van der Waals surface area contributed by atoms with Gasteiger partial charge in [0.15, 0.2) is 0 Å². The number of aryl methyl sites for hydroxylation is 1. The highest BCUT2D eigenvalue weighted by atomic mass is 16.5. The van der Waals surface area contributed by atoms with Crippen LogP contribution in [0.3, 0.4) is 0 Å². The van der Waals surface area contributed by atoms with Crippen molar-refractivity contribution in [3.8, 4) is 5.88 Å². The summed E-state index contributed by atoms with van der Waals surface area (Å²) < 4.78 is 6.64. The quantitative estimate of drug-likeness (QED) is 0.841. The van der Waals surface area contributed by atoms with Gasteiger partial charge in [-0.25, -0.2) is 9.97 Å². The number of rotatable bonds is 5. The molecule has 18 heavy (non-hydrogen) atoms. The number of carbonyl (C=O) groups excluding carboxylic acids is 1. The second-order valence-electron chi connectivity index (χ2n) is 3.52. The van der Waals surface area contributed by atoms with E-state index in [4.69, 9.17) is 4.74 Å². The average Bonchev–Trinajstić information content (AvgIpc) is 2.90. The van der Waals surface area contributed by atoms with Gasteiger partial charge in [0.1, 0.15) is 18.3 Å². The Labute approximate surface area is 104 Å². The van der Waals surface area contributed by atoms with Crippen molar-refractivity contribution in [2.24, 2.45) is 0 Å². The molecule has 0 fully saturated rings. The highest BCUT2D eigenvalue weighted by molar-refractivity contribution is 5.91. The molecule has 0 saturated heterocycles. The van der Waals surface area contributed by atoms with Gasteiger partial charge in [-0.1, -0.05) is 0 Å². The highest BCUT2D eigenvalue weighted by Gasteiger charge is 2.07. The summed E-state index contributed by atoms with van der Waals surface area (Å²) in [5, 5.41) is 6.65. The van der Waals surface area contributed by atoms with Crippen LogP contribution in [-0.2, 0) is 11.3 Å². The molecule has 2 aromatic heterocycles. The maximum atomic E-state index is 11.7. The van der Waals surface area contributed by atoms with Crippen molar-refractivity contribution in [1.82, 2.24) is 19.7 Å². The second-order valence-corrected chi connectivity index (χ2v) is 3.52. The molecule has 0 spiro atoms. The lowest BCUT2D eigenvalue weighted by Gasteiger charge is -2.08. The van der Waals surface area contributed by atoms with Gasteiger partial charge in [0, 0.05) is 12.6 Å². The Morgan fingerprint density at radius 1 is 1.56 bits per heavy atom. The fourth-order valence-corrected chi connectivity index (χ4v) is 1.43. The largest absolute Gasteiger partial charge is 0.480 e. The number of nitrogens with one attached hydrogen (secondary N) is 1. The smallest absolute Gasteiger partial charge is 0.237 e. The molecule has 0 unspecified atom stereocenters. The highest BCUT2D eigenvalue weighted by Crippen LogP contribution is 2.19. The van der Waals surface area contributed by atoms with Crippen LogP contribution >= 0.6 is 0 Å². The number of methoxy groups -OCH3 is 1. The summed E-state index contributed by atoms with van der Waals surface area (Å²) in [7, 11) is 1.51. The van der Waals surface area contributed by atoms with Crippen LogP contribution in [0.15, 0.2) is 31.0 Å². The standard InChI is InChI=1S/C11H13N5O2/c1-18-11-9(3-2-5-13-11)15-10(17)4-6-16-8-12-7-14-16/h2-3,5,7-8H,4,6H2,1H3,(H,15,17). The predicted molar refractivity (Wildman–Crippen MR) is 64.1 cm³/mol. The zero-order valence-electron chi connectivity index (χ0n) is 9.91. The van der Waals surface area contributed by atoms with E-state index in [2.05, 4.69) is 20.4 Å². The van der Waals surface area contributed by atoms with Crippen LogP contribution in [0, 0.1) is 0 Å². The number of ether oxygens (including phenoxy) is 1. The van der Waals surface area contributed by atoms with Gasteiger partial charge in [0.25, 0.3) is 0 Å². The summed E-state index contributed by atoms with van der Waals surface area (Å²) in [4.78, 5) is 19.5. The molecule has 7 heteroatoms. The third-order valence-electron chi connectivity index (χ3n) is 2.27. The van der Waals surface area contributed by atoms with Crippen LogP contribution in [0.1, 0.15) is 6.42 Å². The molecule has 1 amide bonds. The zero-order chi connectivity index (χ0) is 12.8. The molecule has 7 nitrogen and oxygen atoms in total. The Hall–Kier alpha value is -2.44. The monoisotopic (exact) mass is 247 g/mol. The Morgan fingerprint density at radius 3 is 3.17 bits per heavy atom. The van der Waals surface area contributed by atoms with Gasteiger partial charge < -0.3 is 10.1 Å². The first-order valence-electron chi connectivity index (χ1n) is 5.41. The number of hydrogen-bond acceptors (Lipinski definition) is 5. The van der Waals surface area contributed by atoms with Crippen LogP contribution in [0.25, 0.3) is 0 Å². The number of aromatic nitrogens is 4. The predicted octanol–water partition coefficient (Wildman–Crippen LogP) is 0.710. The minimum absolute atomic E-state index is 0.128. The van der Waals surface area contributed by atoms with Gasteiger partial charge in [-0.3, -0.25) is 9.48 Å². The summed E-state index contributed by atoms with van der Waals surface area (Å²) in [6.07, 6.45) is 4.91. The number of hydrogen-bond donors (Lipinski definition) is 1. The molecule has 0 bridgehead atoms. The summed E-state index contributed by atoms with van der Waals surface area (Å²) in [5.41, 5.74) is 0.559. The van der Waals surface area contributed by atoms with Crippen molar-refractivity contribution in [2.75, 3.05) is 12.4 Å². The summed E-state index contributed by atoms with van der Waals surface area (Å²) >= 11 is 0. The normalized spacial score (nSPS) is 10.1. The van der Waals surface area contributed by atoms with E-state index in [1.54, 1.807) is 29.3 Å². The number of carbonyl (C=O) groups is 1. The summed E-state index contributed by atoms with van der Waals surface area (Å²) in [6, 6.07) is 3.47. The van der Waals surface area contributed by atoms with E-state index < -0.39 is 0 Å². The van der Waals surface area contributed by atoms with Crippen LogP contribution < -0.4 is 10.1 Å². The van der Waals surface area contributed by atoms with E-state index in [-0.39, 0.29) is 5.91 Å². The molecule has 0 atom stereocenters. The third kappa shape index (κ3) is 3.03. The third-order valence-corrected chi connectivity index (χ3v) is 2.27. The number of pyridine rings is 1. The number of anilines is 1. The van der Waals surface area contributed by atoms with Crippen molar-refractivity contribution in [1.29, 1.82) is 0 Å². The van der Waals surface area contributed by atoms with E-state index in [0.717, 1.165) is 0 Å². The first kappa shape index (κ1) is 12.0. The minimum atomic E-state index is -0.128. The van der Waals surface area contributed by atoms with Gasteiger partial charge in [0.2, 0.25) is 11.8 Å². The van der Waals surface area contributed by atoms with E-state index in [0.29, 0.717) is 24.5 Å². The van der Waals surface area contributed by atoms with Gasteiger partial charge in [-0.15, -0.1) is 0 Å². The Morgan fingerprint density at radius 2 is 2.44 bits per heavy atom. The fraction of sp³-hybridized carbons (Fsp3) is 0.273. The number of amides is 1. The van der Waals surface area contributed by atoms with Gasteiger partial charge in [0.05, 0.1) is 13.7 Å². The SMILES string of the molecule is COc1ncccc1NC(=O)CCn1cncn1. The van der Waals surface area contributed by atoms with Crippen LogP contribution in [0.4, 0.5) is 5.69 Å². The molecule has 0 aromatic carbocycles. The Kier molecular flexibility index (Phi) is 3.85. The number of nitrogens with zero attached hydrogens (tertiary/aromatic N) is 4. The van der Waals surface area contributed by atoms with E-state index in [1.165, 1.54) is 13.4 Å². The maximum Gasteiger partial charge on any atom is 0.237 e. The fourth-order valence-electron chi connectivity index (χ4n) is 1.43. The first-order chi connectivity index (χ1) is 8.79. The molecule has 0 saturated carbocycles. The molecule has 2 aromatic rings. The summed E-state index contributed by atoms with van der Waals surface area (Å²) in [5.74, 6) is 0.267. The van der Waals surface area contributed by atoms with Gasteiger partial charge in [-0.05, 0) is 12.1 Å². The molecule has 0 aliphatic heterocycles. The van der Waals surface area contributed by atoms with Crippen molar-refractivity contribution < 1.29 is 9.53 Å². The topological polar surface area (TPSA) is 81.9 Å². The van der Waals surface area contributed by atoms with Gasteiger partial charge in [-0.2, -0.15) is 5.10 Å². The Balaban J connectivity index is 1.90. The molecule has 2 rings (SSSR count). The molecular weight excluding hydrogens is 234 g/mol. The van der Waals surface area contributed by atoms with Crippen LogP contribution in [0.2, 0.25) is 0 Å². The van der Waals surface area contributed by atoms with E-state index >= 15 is 0 Å². The lowest BCUT2D eigenvalue weighted by molar-refractivity contribution is -0.116. The summed E-state index contributed by atoms with van der Waals surface area (Å²) in [6.45, 7) is 0.481. The van der Waals surface area contributed by atoms with Crippen molar-refractivity contribution in [3.63, 3.8) is 0 Å². The van der Waals surface area contributed by atoms with E-state index in [9.17, 15) is 4.79 Å². The minimum Gasteiger partial charge on any atom is -0.480 e. The maximum absolute atomic E-state index is 11.7. The van der Waals surface area contributed by atoms with Crippen molar-refractivity contribution in [3.05, 3.63) is 31.0 Å². The van der Waals surface area contributed by atoms with Crippen LogP contribution in [0.5, 0.6) is 5.88 Å². The molecule has 1 N–H and O–H groups in total. The Bertz CT molecular complexity index is 512. The van der Waals surface area contributed by atoms with Crippen molar-refractivity contribution in [2.45, 2.75) is 13.0 Å². The molecule has 0 radical (unpaired) electrons. The van der Waals surface area contributed by atoms with E-state index in [1.807, 2.05) is 0 Å². The molecule has 2 heterocycles. The second kappa shape index (κ2) is 5.76. The average molecular weight is 247 g/mol. The lowest BCUT2D eigenvalue weighted by atomic mass is 10.3. The molecule has 0 aliphatic carbocycles. The zero-order valence-corrected chi connectivity index (χ0v) is 9.91. The molecular formula is C11H13N5O2. The molecule has 94 valence electrons.